The zero-order valence-corrected chi connectivity index (χ0v) is 8.19. The van der Waals surface area contributed by atoms with E-state index in [9.17, 15) is 0 Å². The van der Waals surface area contributed by atoms with Gasteiger partial charge in [-0.3, -0.25) is 4.68 Å². The summed E-state index contributed by atoms with van der Waals surface area (Å²) in [6, 6.07) is 1.98. The number of hydrogen-bond donors (Lipinski definition) is 1. The number of anilines is 1. The first kappa shape index (κ1) is 8.80. The van der Waals surface area contributed by atoms with E-state index in [1.54, 1.807) is 6.20 Å². The van der Waals surface area contributed by atoms with Gasteiger partial charge >= 0.3 is 0 Å². The predicted molar refractivity (Wildman–Crippen MR) is 51.8 cm³/mol. The monoisotopic (exact) mass is 192 g/mol. The molecule has 74 valence electrons. The number of nitrogens with zero attached hydrogens (tertiary/aromatic N) is 3. The molecule has 0 saturated carbocycles. The largest absolute Gasteiger partial charge is 0.447 e. The van der Waals surface area contributed by atoms with Gasteiger partial charge in [-0.1, -0.05) is 0 Å². The molecule has 0 aliphatic heterocycles. The second-order valence-corrected chi connectivity index (χ2v) is 3.12. The van der Waals surface area contributed by atoms with Gasteiger partial charge in [0.2, 0.25) is 0 Å². The molecule has 0 spiro atoms. The fraction of sp³-hybridized carbons (Fsp3) is 0.333. The Morgan fingerprint density at radius 1 is 1.57 bits per heavy atom. The van der Waals surface area contributed by atoms with Gasteiger partial charge in [-0.25, -0.2) is 4.98 Å². The van der Waals surface area contributed by atoms with E-state index in [0.29, 0.717) is 6.54 Å². The van der Waals surface area contributed by atoms with Crippen LogP contribution in [0.5, 0.6) is 0 Å². The minimum atomic E-state index is 0.608. The molecule has 0 radical (unpaired) electrons. The summed E-state index contributed by atoms with van der Waals surface area (Å²) in [5, 5.41) is 7.40. The molecule has 0 aliphatic carbocycles. The lowest BCUT2D eigenvalue weighted by molar-refractivity contribution is 0.511. The number of rotatable bonds is 3. The molecule has 0 aliphatic rings. The number of aromatic nitrogens is 3. The normalized spacial score (nSPS) is 10.4. The SMILES string of the molecule is Cc1cc(NCc2cnco2)nn1C. The quantitative estimate of drug-likeness (QED) is 0.797. The third-order valence-corrected chi connectivity index (χ3v) is 2.04. The van der Waals surface area contributed by atoms with Crippen molar-refractivity contribution in [1.82, 2.24) is 14.8 Å². The molecule has 0 atom stereocenters. The second-order valence-electron chi connectivity index (χ2n) is 3.12. The third-order valence-electron chi connectivity index (χ3n) is 2.04. The number of aryl methyl sites for hydroxylation is 2. The van der Waals surface area contributed by atoms with Crippen molar-refractivity contribution in [1.29, 1.82) is 0 Å². The Bertz CT molecular complexity index is 385. The van der Waals surface area contributed by atoms with Crippen molar-refractivity contribution < 1.29 is 4.42 Å². The van der Waals surface area contributed by atoms with E-state index >= 15 is 0 Å². The van der Waals surface area contributed by atoms with Crippen LogP contribution < -0.4 is 5.32 Å². The molecule has 14 heavy (non-hydrogen) atoms. The van der Waals surface area contributed by atoms with Crippen molar-refractivity contribution in [2.75, 3.05) is 5.32 Å². The maximum absolute atomic E-state index is 5.08. The lowest BCUT2D eigenvalue weighted by Crippen LogP contribution is -1.99. The van der Waals surface area contributed by atoms with Crippen LogP contribution in [-0.2, 0) is 13.6 Å². The molecular weight excluding hydrogens is 180 g/mol. The van der Waals surface area contributed by atoms with E-state index in [4.69, 9.17) is 4.42 Å². The van der Waals surface area contributed by atoms with Gasteiger partial charge in [0, 0.05) is 18.8 Å². The van der Waals surface area contributed by atoms with Crippen LogP contribution in [0.15, 0.2) is 23.1 Å². The lowest BCUT2D eigenvalue weighted by Gasteiger charge is -1.97. The summed E-state index contributed by atoms with van der Waals surface area (Å²) in [5.41, 5.74) is 1.12. The summed E-state index contributed by atoms with van der Waals surface area (Å²) < 4.78 is 6.91. The van der Waals surface area contributed by atoms with Gasteiger partial charge in [-0.2, -0.15) is 5.10 Å². The Hall–Kier alpha value is -1.78. The Kier molecular flexibility index (Phi) is 2.22. The number of oxazole rings is 1. The van der Waals surface area contributed by atoms with Gasteiger partial charge in [-0.05, 0) is 6.92 Å². The molecule has 2 heterocycles. The summed E-state index contributed by atoms with van der Waals surface area (Å²) >= 11 is 0. The van der Waals surface area contributed by atoms with Crippen LogP contribution in [0.2, 0.25) is 0 Å². The van der Waals surface area contributed by atoms with Crippen molar-refractivity contribution >= 4 is 5.82 Å². The van der Waals surface area contributed by atoms with Gasteiger partial charge in [0.25, 0.3) is 0 Å². The maximum atomic E-state index is 5.08. The first-order valence-corrected chi connectivity index (χ1v) is 4.37. The predicted octanol–water partition coefficient (Wildman–Crippen LogP) is 1.33. The van der Waals surface area contributed by atoms with Crippen LogP contribution in [0.4, 0.5) is 5.82 Å². The van der Waals surface area contributed by atoms with E-state index < -0.39 is 0 Å². The summed E-state index contributed by atoms with van der Waals surface area (Å²) in [7, 11) is 1.91. The van der Waals surface area contributed by atoms with Crippen molar-refractivity contribution in [2.24, 2.45) is 7.05 Å². The average molecular weight is 192 g/mol. The first-order chi connectivity index (χ1) is 6.75. The smallest absolute Gasteiger partial charge is 0.180 e. The minimum absolute atomic E-state index is 0.608. The molecular formula is C9H12N4O. The van der Waals surface area contributed by atoms with E-state index in [1.807, 2.05) is 24.7 Å². The average Bonchev–Trinajstić information content (AvgIpc) is 2.74. The highest BCUT2D eigenvalue weighted by Gasteiger charge is 2.01. The standard InChI is InChI=1S/C9H12N4O/c1-7-3-9(12-13(7)2)11-5-8-4-10-6-14-8/h3-4,6H,5H2,1-2H3,(H,11,12). The Balaban J connectivity index is 1.98. The zero-order valence-electron chi connectivity index (χ0n) is 8.19. The van der Waals surface area contributed by atoms with E-state index in [2.05, 4.69) is 15.4 Å². The van der Waals surface area contributed by atoms with Crippen molar-refractivity contribution in [3.8, 4) is 0 Å². The van der Waals surface area contributed by atoms with Crippen molar-refractivity contribution in [2.45, 2.75) is 13.5 Å². The third kappa shape index (κ3) is 1.76. The van der Waals surface area contributed by atoms with Crippen LogP contribution in [0.25, 0.3) is 0 Å². The van der Waals surface area contributed by atoms with Gasteiger partial charge in [-0.15, -0.1) is 0 Å². The van der Waals surface area contributed by atoms with E-state index in [1.165, 1.54) is 6.39 Å². The molecule has 0 unspecified atom stereocenters. The van der Waals surface area contributed by atoms with Crippen LogP contribution in [-0.4, -0.2) is 14.8 Å². The molecule has 1 N–H and O–H groups in total. The molecule has 5 nitrogen and oxygen atoms in total. The molecule has 2 aromatic rings. The second kappa shape index (κ2) is 3.53. The molecule has 0 saturated heterocycles. The van der Waals surface area contributed by atoms with Crippen molar-refractivity contribution in [3.63, 3.8) is 0 Å². The minimum Gasteiger partial charge on any atom is -0.447 e. The highest BCUT2D eigenvalue weighted by atomic mass is 16.3. The molecule has 0 aromatic carbocycles. The molecule has 2 aromatic heterocycles. The topological polar surface area (TPSA) is 55.9 Å². The van der Waals surface area contributed by atoms with Crippen LogP contribution in [0.1, 0.15) is 11.5 Å². The Labute approximate surface area is 81.8 Å². The molecule has 0 fully saturated rings. The summed E-state index contributed by atoms with van der Waals surface area (Å²) in [6.07, 6.45) is 3.10. The Morgan fingerprint density at radius 2 is 2.43 bits per heavy atom. The van der Waals surface area contributed by atoms with Gasteiger partial charge in [0.1, 0.15) is 11.6 Å². The van der Waals surface area contributed by atoms with Gasteiger partial charge in [0.05, 0.1) is 12.7 Å². The van der Waals surface area contributed by atoms with Gasteiger partial charge in [0.15, 0.2) is 6.39 Å². The molecule has 5 heteroatoms. The van der Waals surface area contributed by atoms with Crippen LogP contribution >= 0.6 is 0 Å². The molecule has 0 amide bonds. The zero-order chi connectivity index (χ0) is 9.97. The summed E-state index contributed by atoms with van der Waals surface area (Å²) in [4.78, 5) is 3.82. The fourth-order valence-corrected chi connectivity index (χ4v) is 1.15. The first-order valence-electron chi connectivity index (χ1n) is 4.37. The fourth-order valence-electron chi connectivity index (χ4n) is 1.15. The van der Waals surface area contributed by atoms with Gasteiger partial charge < -0.3 is 9.73 Å². The van der Waals surface area contributed by atoms with E-state index in [-0.39, 0.29) is 0 Å². The van der Waals surface area contributed by atoms with E-state index in [0.717, 1.165) is 17.3 Å². The number of nitrogens with one attached hydrogen (secondary N) is 1. The molecule has 0 bridgehead atoms. The molecule has 2 rings (SSSR count). The highest BCUT2D eigenvalue weighted by Crippen LogP contribution is 2.08. The summed E-state index contributed by atoms with van der Waals surface area (Å²) in [6.45, 7) is 2.61. The summed E-state index contributed by atoms with van der Waals surface area (Å²) in [5.74, 6) is 1.65. The van der Waals surface area contributed by atoms with Crippen LogP contribution in [0, 0.1) is 6.92 Å². The van der Waals surface area contributed by atoms with Crippen LogP contribution in [0.3, 0.4) is 0 Å². The lowest BCUT2D eigenvalue weighted by atomic mass is 10.4. The highest BCUT2D eigenvalue weighted by molar-refractivity contribution is 5.35. The Morgan fingerprint density at radius 3 is 3.00 bits per heavy atom. The van der Waals surface area contributed by atoms with Crippen molar-refractivity contribution in [3.05, 3.63) is 30.1 Å². The maximum Gasteiger partial charge on any atom is 0.180 e. The number of hydrogen-bond acceptors (Lipinski definition) is 4.